The zero-order valence-corrected chi connectivity index (χ0v) is 14.7. The first-order valence-electron chi connectivity index (χ1n) is 9.20. The molecule has 1 aliphatic rings. The van der Waals surface area contributed by atoms with Gasteiger partial charge < -0.3 is 5.32 Å². The molecule has 4 aromatic rings. The summed E-state index contributed by atoms with van der Waals surface area (Å²) >= 11 is 0. The molecule has 1 fully saturated rings. The molecular weight excluding hydrogens is 326 g/mol. The van der Waals surface area contributed by atoms with Crippen molar-refractivity contribution in [3.8, 4) is 0 Å². The van der Waals surface area contributed by atoms with E-state index in [0.717, 1.165) is 33.4 Å². The Morgan fingerprint density at radius 1 is 1.19 bits per heavy atom. The Kier molecular flexibility index (Phi) is 3.58. The molecule has 4 aromatic heterocycles. The maximum absolute atomic E-state index is 4.79. The highest BCUT2D eigenvalue weighted by atomic mass is 15.3. The maximum atomic E-state index is 4.79. The van der Waals surface area contributed by atoms with Crippen molar-refractivity contribution in [3.63, 3.8) is 0 Å². The van der Waals surface area contributed by atoms with Gasteiger partial charge in [0, 0.05) is 11.6 Å². The molecule has 0 aromatic carbocycles. The largest absolute Gasteiger partial charge is 0.336 e. The number of nitrogens with one attached hydrogen (secondary N) is 2. The van der Waals surface area contributed by atoms with Crippen LogP contribution in [-0.4, -0.2) is 29.9 Å². The quantitative estimate of drug-likeness (QED) is 0.578. The summed E-state index contributed by atoms with van der Waals surface area (Å²) in [5.74, 6) is 0.707. The summed E-state index contributed by atoms with van der Waals surface area (Å²) in [4.78, 5) is 9.11. The lowest BCUT2D eigenvalue weighted by molar-refractivity contribution is 0.335. The monoisotopic (exact) mass is 347 g/mol. The second-order valence-corrected chi connectivity index (χ2v) is 7.01. The Morgan fingerprint density at radius 3 is 2.96 bits per heavy atom. The number of H-pyrrole nitrogens is 1. The van der Waals surface area contributed by atoms with Gasteiger partial charge in [-0.15, -0.1) is 0 Å². The van der Waals surface area contributed by atoms with Crippen LogP contribution < -0.4 is 5.32 Å². The highest BCUT2D eigenvalue weighted by Crippen LogP contribution is 2.32. The van der Waals surface area contributed by atoms with Gasteiger partial charge in [-0.2, -0.15) is 10.2 Å². The van der Waals surface area contributed by atoms with Crippen LogP contribution in [0, 0.1) is 6.92 Å². The number of hydrogen-bond acceptors (Lipinski definition) is 5. The number of rotatable bonds is 3. The van der Waals surface area contributed by atoms with Gasteiger partial charge in [-0.05, 0) is 38.0 Å². The van der Waals surface area contributed by atoms with E-state index in [-0.39, 0.29) is 0 Å². The van der Waals surface area contributed by atoms with Gasteiger partial charge in [-0.25, -0.2) is 9.67 Å². The second-order valence-electron chi connectivity index (χ2n) is 7.01. The van der Waals surface area contributed by atoms with E-state index in [1.807, 2.05) is 18.3 Å². The van der Waals surface area contributed by atoms with Crippen LogP contribution in [-0.2, 0) is 0 Å². The third kappa shape index (κ3) is 2.51. The second kappa shape index (κ2) is 6.09. The topological polar surface area (TPSA) is 84.3 Å². The molecule has 0 amide bonds. The highest BCUT2D eigenvalue weighted by Gasteiger charge is 2.20. The van der Waals surface area contributed by atoms with Gasteiger partial charge in [0.15, 0.2) is 11.5 Å². The Bertz CT molecular complexity index is 1070. The molecule has 2 N–H and O–H groups in total. The lowest BCUT2D eigenvalue weighted by Gasteiger charge is -2.22. The number of hydrogen-bond donors (Lipinski definition) is 2. The average Bonchev–Trinajstić information content (AvgIpc) is 3.24. The Balaban J connectivity index is 1.51. The van der Waals surface area contributed by atoms with Crippen molar-refractivity contribution in [1.29, 1.82) is 0 Å². The Labute approximate surface area is 150 Å². The van der Waals surface area contributed by atoms with Gasteiger partial charge in [0.25, 0.3) is 0 Å². The zero-order valence-electron chi connectivity index (χ0n) is 14.7. The van der Waals surface area contributed by atoms with Crippen LogP contribution in [0.5, 0.6) is 0 Å². The first-order chi connectivity index (χ1) is 12.8. The molecule has 26 heavy (non-hydrogen) atoms. The fourth-order valence-electron chi connectivity index (χ4n) is 3.89. The van der Waals surface area contributed by atoms with Gasteiger partial charge in [-0.1, -0.05) is 19.3 Å². The molecule has 0 bridgehead atoms. The molecule has 1 aliphatic carbocycles. The summed E-state index contributed by atoms with van der Waals surface area (Å²) in [5, 5.41) is 16.5. The smallest absolute Gasteiger partial charge is 0.178 e. The van der Waals surface area contributed by atoms with Crippen molar-refractivity contribution >= 4 is 33.6 Å². The SMILES string of the molecule is Cc1nn(C2CCCCC2)c2ncc(Nc3n[nH]c4cccnc34)cc12. The van der Waals surface area contributed by atoms with E-state index in [1.54, 1.807) is 6.20 Å². The normalized spacial score (nSPS) is 15.7. The first kappa shape index (κ1) is 15.3. The molecule has 0 spiro atoms. The summed E-state index contributed by atoms with van der Waals surface area (Å²) in [6.45, 7) is 2.05. The van der Waals surface area contributed by atoms with Crippen molar-refractivity contribution in [1.82, 2.24) is 29.9 Å². The van der Waals surface area contributed by atoms with Crippen LogP contribution in [0.15, 0.2) is 30.6 Å². The zero-order chi connectivity index (χ0) is 17.5. The van der Waals surface area contributed by atoms with Crippen LogP contribution in [0.3, 0.4) is 0 Å². The van der Waals surface area contributed by atoms with E-state index in [1.165, 1.54) is 32.1 Å². The summed E-state index contributed by atoms with van der Waals surface area (Å²) in [6, 6.07) is 6.43. The number of nitrogens with zero attached hydrogens (tertiary/aromatic N) is 5. The van der Waals surface area contributed by atoms with E-state index >= 15 is 0 Å². The molecule has 0 unspecified atom stereocenters. The van der Waals surface area contributed by atoms with Crippen LogP contribution in [0.2, 0.25) is 0 Å². The van der Waals surface area contributed by atoms with Gasteiger partial charge in [0.2, 0.25) is 0 Å². The predicted molar refractivity (Wildman–Crippen MR) is 102 cm³/mol. The summed E-state index contributed by atoms with van der Waals surface area (Å²) in [7, 11) is 0. The first-order valence-corrected chi connectivity index (χ1v) is 9.20. The summed E-state index contributed by atoms with van der Waals surface area (Å²) < 4.78 is 2.14. The van der Waals surface area contributed by atoms with E-state index in [9.17, 15) is 0 Å². The van der Waals surface area contributed by atoms with Crippen molar-refractivity contribution < 1.29 is 0 Å². The molecule has 1 saturated carbocycles. The molecule has 7 nitrogen and oxygen atoms in total. The van der Waals surface area contributed by atoms with Crippen LogP contribution >= 0.6 is 0 Å². The van der Waals surface area contributed by atoms with Gasteiger partial charge in [0.05, 0.1) is 29.1 Å². The van der Waals surface area contributed by atoms with Crippen molar-refractivity contribution in [2.24, 2.45) is 0 Å². The standard InChI is InChI=1S/C19H21N7/c1-12-15-10-13(22-18-17-16(23-24-18)8-5-9-20-17)11-21-19(15)26(25-12)14-6-3-2-4-7-14/h5,8-11,14H,2-4,6-7H2,1H3,(H2,22,23,24). The Morgan fingerprint density at radius 2 is 2.08 bits per heavy atom. The molecule has 0 radical (unpaired) electrons. The van der Waals surface area contributed by atoms with Gasteiger partial charge in [-0.3, -0.25) is 10.1 Å². The third-order valence-electron chi connectivity index (χ3n) is 5.23. The number of aromatic nitrogens is 6. The molecule has 4 heterocycles. The number of fused-ring (bicyclic) bond motifs is 2. The minimum Gasteiger partial charge on any atom is -0.336 e. The Hall–Kier alpha value is -2.96. The number of pyridine rings is 2. The van der Waals surface area contributed by atoms with Crippen molar-refractivity contribution in [3.05, 3.63) is 36.3 Å². The highest BCUT2D eigenvalue weighted by molar-refractivity contribution is 5.89. The molecule has 132 valence electrons. The van der Waals surface area contributed by atoms with E-state index in [0.29, 0.717) is 11.9 Å². The number of anilines is 2. The third-order valence-corrected chi connectivity index (χ3v) is 5.23. The molecule has 0 aliphatic heterocycles. The molecule has 0 atom stereocenters. The maximum Gasteiger partial charge on any atom is 0.178 e. The van der Waals surface area contributed by atoms with Crippen LogP contribution in [0.1, 0.15) is 43.8 Å². The van der Waals surface area contributed by atoms with E-state index < -0.39 is 0 Å². The van der Waals surface area contributed by atoms with E-state index in [2.05, 4.69) is 38.2 Å². The van der Waals surface area contributed by atoms with Crippen molar-refractivity contribution in [2.75, 3.05) is 5.32 Å². The minimum atomic E-state index is 0.478. The van der Waals surface area contributed by atoms with E-state index in [4.69, 9.17) is 10.1 Å². The van der Waals surface area contributed by atoms with Crippen LogP contribution in [0.4, 0.5) is 11.5 Å². The summed E-state index contributed by atoms with van der Waals surface area (Å²) in [5.41, 5.74) is 4.62. The predicted octanol–water partition coefficient (Wildman–Crippen LogP) is 4.26. The number of aromatic amines is 1. The van der Waals surface area contributed by atoms with Crippen LogP contribution in [0.25, 0.3) is 22.1 Å². The average molecular weight is 347 g/mol. The number of aryl methyl sites for hydroxylation is 1. The molecule has 7 heteroatoms. The molecule has 0 saturated heterocycles. The van der Waals surface area contributed by atoms with Gasteiger partial charge in [0.1, 0.15) is 5.52 Å². The van der Waals surface area contributed by atoms with Gasteiger partial charge >= 0.3 is 0 Å². The molecule has 5 rings (SSSR count). The lowest BCUT2D eigenvalue weighted by Crippen LogP contribution is -2.14. The fourth-order valence-corrected chi connectivity index (χ4v) is 3.89. The summed E-state index contributed by atoms with van der Waals surface area (Å²) in [6.07, 6.45) is 9.91. The van der Waals surface area contributed by atoms with Crippen molar-refractivity contribution in [2.45, 2.75) is 45.1 Å². The molecular formula is C19H21N7. The minimum absolute atomic E-state index is 0.478. The lowest BCUT2D eigenvalue weighted by atomic mass is 9.96. The fraction of sp³-hybridized carbons (Fsp3) is 0.368.